The standard InChI is InChI=1S/C30H42NO4/c1-6-35-30(32)21-31(4,5)29(26(3)22-34-24-28-15-11-8-12-16-28)18-17-25(2)19-20-33-23-27-13-9-7-10-14-27/h7-16,19,29H,3,6,17-18,20-24H2,1-2,4-5H3/q+1/b25-19+. The zero-order valence-electron chi connectivity index (χ0n) is 21.9. The fraction of sp³-hybridized carbons (Fsp3) is 0.433. The van der Waals surface area contributed by atoms with Gasteiger partial charge in [0, 0.05) is 12.0 Å². The average molecular weight is 481 g/mol. The van der Waals surface area contributed by atoms with Gasteiger partial charge in [0.05, 0.1) is 47.1 Å². The number of nitrogens with zero attached hydrogens (tertiary/aromatic N) is 1. The maximum atomic E-state index is 12.3. The minimum absolute atomic E-state index is 0.0590. The third-order valence-electron chi connectivity index (χ3n) is 6.03. The number of quaternary nitrogens is 1. The Morgan fingerprint density at radius 3 is 2.11 bits per heavy atom. The second-order valence-electron chi connectivity index (χ2n) is 9.48. The fourth-order valence-electron chi connectivity index (χ4n) is 4.09. The van der Waals surface area contributed by atoms with Gasteiger partial charge in [-0.25, -0.2) is 4.79 Å². The van der Waals surface area contributed by atoms with Crippen molar-refractivity contribution in [2.75, 3.05) is 40.5 Å². The molecule has 2 aromatic rings. The van der Waals surface area contributed by atoms with Crippen molar-refractivity contribution in [2.45, 2.75) is 45.9 Å². The molecule has 190 valence electrons. The van der Waals surface area contributed by atoms with Gasteiger partial charge in [0.1, 0.15) is 6.04 Å². The molecule has 0 saturated carbocycles. The van der Waals surface area contributed by atoms with Crippen LogP contribution in [0.1, 0.15) is 37.8 Å². The minimum Gasteiger partial charge on any atom is -0.462 e. The van der Waals surface area contributed by atoms with Crippen molar-refractivity contribution in [3.8, 4) is 0 Å². The van der Waals surface area contributed by atoms with Gasteiger partial charge in [0.2, 0.25) is 0 Å². The molecule has 0 radical (unpaired) electrons. The summed E-state index contributed by atoms with van der Waals surface area (Å²) in [7, 11) is 4.12. The van der Waals surface area contributed by atoms with E-state index in [0.29, 0.717) is 44.1 Å². The molecule has 0 N–H and O–H groups in total. The highest BCUT2D eigenvalue weighted by Crippen LogP contribution is 2.23. The van der Waals surface area contributed by atoms with Crippen molar-refractivity contribution in [2.24, 2.45) is 0 Å². The van der Waals surface area contributed by atoms with Gasteiger partial charge >= 0.3 is 5.97 Å². The summed E-state index contributed by atoms with van der Waals surface area (Å²) >= 11 is 0. The van der Waals surface area contributed by atoms with Crippen LogP contribution in [-0.2, 0) is 32.2 Å². The van der Waals surface area contributed by atoms with Gasteiger partial charge in [-0.1, -0.05) is 78.9 Å². The molecule has 0 saturated heterocycles. The monoisotopic (exact) mass is 480 g/mol. The molecular weight excluding hydrogens is 438 g/mol. The van der Waals surface area contributed by atoms with Gasteiger partial charge < -0.3 is 18.7 Å². The number of hydrogen-bond donors (Lipinski definition) is 0. The van der Waals surface area contributed by atoms with Crippen molar-refractivity contribution in [1.29, 1.82) is 0 Å². The Hall–Kier alpha value is -2.73. The quantitative estimate of drug-likeness (QED) is 0.134. The first kappa shape index (κ1) is 28.5. The number of hydrogen-bond acceptors (Lipinski definition) is 4. The molecule has 0 aromatic heterocycles. The van der Waals surface area contributed by atoms with E-state index in [4.69, 9.17) is 14.2 Å². The van der Waals surface area contributed by atoms with Gasteiger partial charge in [-0.2, -0.15) is 0 Å². The van der Waals surface area contributed by atoms with Gasteiger partial charge in [-0.05, 0) is 31.4 Å². The molecule has 2 rings (SSSR count). The lowest BCUT2D eigenvalue weighted by atomic mass is 9.97. The van der Waals surface area contributed by atoms with Crippen LogP contribution in [0.15, 0.2) is 84.5 Å². The fourth-order valence-corrected chi connectivity index (χ4v) is 4.09. The molecule has 0 heterocycles. The molecule has 0 amide bonds. The van der Waals surface area contributed by atoms with E-state index < -0.39 is 0 Å². The highest BCUT2D eigenvalue weighted by atomic mass is 16.5. The van der Waals surface area contributed by atoms with Crippen LogP contribution in [0, 0.1) is 0 Å². The van der Waals surface area contributed by atoms with E-state index in [1.807, 2.05) is 43.3 Å². The summed E-state index contributed by atoms with van der Waals surface area (Å²) in [4.78, 5) is 12.3. The van der Waals surface area contributed by atoms with Gasteiger partial charge in [-0.3, -0.25) is 0 Å². The second kappa shape index (κ2) is 15.3. The van der Waals surface area contributed by atoms with Crippen LogP contribution < -0.4 is 0 Å². The Morgan fingerprint density at radius 1 is 0.971 bits per heavy atom. The Balaban J connectivity index is 1.93. The first-order valence-electron chi connectivity index (χ1n) is 12.4. The van der Waals surface area contributed by atoms with Gasteiger partial charge in [0.25, 0.3) is 0 Å². The van der Waals surface area contributed by atoms with Crippen LogP contribution in [-0.4, -0.2) is 57.0 Å². The molecule has 2 aromatic carbocycles. The summed E-state index contributed by atoms with van der Waals surface area (Å²) in [6, 6.07) is 20.4. The van der Waals surface area contributed by atoms with E-state index in [0.717, 1.165) is 24.0 Å². The molecular formula is C30H42NO4+. The van der Waals surface area contributed by atoms with Crippen LogP contribution in [0.5, 0.6) is 0 Å². The Labute approximate surface area is 211 Å². The van der Waals surface area contributed by atoms with E-state index >= 15 is 0 Å². The molecule has 1 atom stereocenters. The summed E-state index contributed by atoms with van der Waals surface area (Å²) in [6.45, 7) is 11.2. The first-order chi connectivity index (χ1) is 16.8. The van der Waals surface area contributed by atoms with E-state index in [9.17, 15) is 4.79 Å². The topological polar surface area (TPSA) is 44.8 Å². The molecule has 1 unspecified atom stereocenters. The normalized spacial score (nSPS) is 12.9. The van der Waals surface area contributed by atoms with Crippen molar-refractivity contribution < 1.29 is 23.5 Å². The number of carbonyl (C=O) groups is 1. The van der Waals surface area contributed by atoms with E-state index in [1.165, 1.54) is 11.1 Å². The lowest BCUT2D eigenvalue weighted by Gasteiger charge is -2.38. The Kier molecular flexibility index (Phi) is 12.5. The van der Waals surface area contributed by atoms with Gasteiger partial charge in [-0.15, -0.1) is 0 Å². The summed E-state index contributed by atoms with van der Waals surface area (Å²) in [5.41, 5.74) is 4.55. The smallest absolute Gasteiger partial charge is 0.361 e. The number of benzene rings is 2. The lowest BCUT2D eigenvalue weighted by Crippen LogP contribution is -2.53. The van der Waals surface area contributed by atoms with Crippen molar-refractivity contribution in [3.63, 3.8) is 0 Å². The number of ether oxygens (including phenoxy) is 3. The summed E-state index contributed by atoms with van der Waals surface area (Å²) < 4.78 is 17.5. The molecule has 5 nitrogen and oxygen atoms in total. The number of esters is 1. The summed E-state index contributed by atoms with van der Waals surface area (Å²) in [6.07, 6.45) is 3.89. The second-order valence-corrected chi connectivity index (χ2v) is 9.48. The van der Waals surface area contributed by atoms with Crippen molar-refractivity contribution >= 4 is 5.97 Å². The van der Waals surface area contributed by atoms with Crippen LogP contribution in [0.25, 0.3) is 0 Å². The third-order valence-corrected chi connectivity index (χ3v) is 6.03. The molecule has 0 bridgehead atoms. The zero-order chi connectivity index (χ0) is 25.5. The van der Waals surface area contributed by atoms with Crippen molar-refractivity contribution in [3.05, 3.63) is 95.6 Å². The molecule has 35 heavy (non-hydrogen) atoms. The molecule has 5 heteroatoms. The maximum Gasteiger partial charge on any atom is 0.361 e. The third kappa shape index (κ3) is 11.0. The zero-order valence-corrected chi connectivity index (χ0v) is 21.9. The van der Waals surface area contributed by atoms with Crippen molar-refractivity contribution in [1.82, 2.24) is 0 Å². The minimum atomic E-state index is -0.193. The lowest BCUT2D eigenvalue weighted by molar-refractivity contribution is -0.903. The van der Waals surface area contributed by atoms with E-state index in [-0.39, 0.29) is 12.0 Å². The predicted molar refractivity (Wildman–Crippen MR) is 142 cm³/mol. The van der Waals surface area contributed by atoms with Crippen LogP contribution in [0.2, 0.25) is 0 Å². The predicted octanol–water partition coefficient (Wildman–Crippen LogP) is 5.71. The summed E-state index contributed by atoms with van der Waals surface area (Å²) in [5.74, 6) is -0.193. The largest absolute Gasteiger partial charge is 0.462 e. The first-order valence-corrected chi connectivity index (χ1v) is 12.4. The summed E-state index contributed by atoms with van der Waals surface area (Å²) in [5, 5.41) is 0. The Morgan fingerprint density at radius 2 is 1.54 bits per heavy atom. The van der Waals surface area contributed by atoms with Crippen LogP contribution in [0.4, 0.5) is 0 Å². The van der Waals surface area contributed by atoms with E-state index in [2.05, 4.69) is 57.9 Å². The SMILES string of the molecule is C=C(COCc1ccccc1)C(CC/C(C)=C/COCc1ccccc1)[N+](C)(C)CC(=O)OCC. The molecule has 0 fully saturated rings. The number of allylic oxidation sites excluding steroid dienone is 1. The Bertz CT molecular complexity index is 922. The van der Waals surface area contributed by atoms with Crippen LogP contribution >= 0.6 is 0 Å². The molecule has 0 aliphatic carbocycles. The molecule has 0 aliphatic rings. The number of likely N-dealkylation sites (N-methyl/N-ethyl adjacent to an activating group) is 1. The highest BCUT2D eigenvalue weighted by Gasteiger charge is 2.33. The average Bonchev–Trinajstić information content (AvgIpc) is 2.83. The van der Waals surface area contributed by atoms with E-state index in [1.54, 1.807) is 0 Å². The maximum absolute atomic E-state index is 12.3. The highest BCUT2D eigenvalue weighted by molar-refractivity contribution is 5.70. The van der Waals surface area contributed by atoms with Crippen LogP contribution in [0.3, 0.4) is 0 Å². The number of rotatable bonds is 16. The number of carbonyl (C=O) groups excluding carboxylic acids is 1. The van der Waals surface area contributed by atoms with Gasteiger partial charge in [0.15, 0.2) is 6.54 Å². The molecule has 0 aliphatic heterocycles. The molecule has 0 spiro atoms.